The highest BCUT2D eigenvalue weighted by Gasteiger charge is 2.34. The molecule has 2 aromatic carbocycles. The summed E-state index contributed by atoms with van der Waals surface area (Å²) >= 11 is 0. The highest BCUT2D eigenvalue weighted by atomic mass is 16.5. The Morgan fingerprint density at radius 2 is 1.58 bits per heavy atom. The molecule has 0 aromatic heterocycles. The fourth-order valence-corrected chi connectivity index (χ4v) is 4.45. The summed E-state index contributed by atoms with van der Waals surface area (Å²) in [5.74, 6) is 0.449. The zero-order chi connectivity index (χ0) is 22.2. The van der Waals surface area contributed by atoms with E-state index in [1.165, 1.54) is 12.0 Å². The number of esters is 2. The summed E-state index contributed by atoms with van der Waals surface area (Å²) < 4.78 is 11.4. The maximum absolute atomic E-state index is 13.0. The van der Waals surface area contributed by atoms with Gasteiger partial charge in [0.1, 0.15) is 6.10 Å². The van der Waals surface area contributed by atoms with Crippen molar-refractivity contribution in [2.75, 3.05) is 6.61 Å². The maximum atomic E-state index is 13.0. The van der Waals surface area contributed by atoms with Gasteiger partial charge in [0.15, 0.2) is 0 Å². The molecule has 3 atom stereocenters. The number of hydrogen-bond acceptors (Lipinski definition) is 4. The summed E-state index contributed by atoms with van der Waals surface area (Å²) in [6, 6.07) is 16.9. The first-order valence-corrected chi connectivity index (χ1v) is 11.5. The Bertz CT molecular complexity index is 859. The monoisotopic (exact) mass is 422 g/mol. The van der Waals surface area contributed by atoms with Gasteiger partial charge in [-0.3, -0.25) is 0 Å². The Balaban J connectivity index is 1.60. The summed E-state index contributed by atoms with van der Waals surface area (Å²) in [7, 11) is 0. The summed E-state index contributed by atoms with van der Waals surface area (Å²) in [5, 5.41) is 0. The second-order valence-electron chi connectivity index (χ2n) is 9.04. The number of carbonyl (C=O) groups excluding carboxylic acids is 2. The van der Waals surface area contributed by atoms with E-state index in [0.717, 1.165) is 25.7 Å². The lowest BCUT2D eigenvalue weighted by molar-refractivity contribution is -0.0176. The Hall–Kier alpha value is -2.62. The predicted octanol–water partition coefficient (Wildman–Crippen LogP) is 6.09. The zero-order valence-corrected chi connectivity index (χ0v) is 18.9. The van der Waals surface area contributed by atoms with Crippen LogP contribution in [0.2, 0.25) is 0 Å². The predicted molar refractivity (Wildman–Crippen MR) is 122 cm³/mol. The second kappa shape index (κ2) is 11.1. The molecule has 166 valence electrons. The van der Waals surface area contributed by atoms with Crippen LogP contribution >= 0.6 is 0 Å². The molecular formula is C27H34O4. The minimum atomic E-state index is -0.474. The third-order valence-corrected chi connectivity index (χ3v) is 6.27. The van der Waals surface area contributed by atoms with Gasteiger partial charge in [0.25, 0.3) is 0 Å². The van der Waals surface area contributed by atoms with Gasteiger partial charge in [-0.1, -0.05) is 69.7 Å². The largest absolute Gasteiger partial charge is 0.462 e. The van der Waals surface area contributed by atoms with E-state index in [4.69, 9.17) is 9.47 Å². The van der Waals surface area contributed by atoms with Crippen molar-refractivity contribution in [3.8, 4) is 0 Å². The molecule has 0 N–H and O–H groups in total. The lowest BCUT2D eigenvalue weighted by Gasteiger charge is -2.36. The first kappa shape index (κ1) is 23.1. The quantitative estimate of drug-likeness (QED) is 0.381. The molecule has 4 heteroatoms. The van der Waals surface area contributed by atoms with Crippen molar-refractivity contribution in [1.29, 1.82) is 0 Å². The van der Waals surface area contributed by atoms with Crippen LogP contribution in [0, 0.1) is 17.8 Å². The Kier molecular flexibility index (Phi) is 8.27. The summed E-state index contributed by atoms with van der Waals surface area (Å²) in [5.41, 5.74) is 1.78. The van der Waals surface area contributed by atoms with Gasteiger partial charge >= 0.3 is 11.9 Å². The third-order valence-electron chi connectivity index (χ3n) is 6.27. The van der Waals surface area contributed by atoms with Crippen LogP contribution in [0.15, 0.2) is 54.6 Å². The number of ether oxygens (including phenoxy) is 2. The van der Waals surface area contributed by atoms with Crippen LogP contribution in [0.3, 0.4) is 0 Å². The third kappa shape index (κ3) is 6.43. The fourth-order valence-electron chi connectivity index (χ4n) is 4.45. The number of carbonyl (C=O) groups is 2. The van der Waals surface area contributed by atoms with E-state index in [2.05, 4.69) is 32.9 Å². The van der Waals surface area contributed by atoms with E-state index >= 15 is 0 Å². The molecule has 1 saturated carbocycles. The molecule has 0 heterocycles. The molecular weight excluding hydrogens is 388 g/mol. The van der Waals surface area contributed by atoms with Crippen LogP contribution in [0.1, 0.15) is 72.7 Å². The highest BCUT2D eigenvalue weighted by Crippen LogP contribution is 2.35. The van der Waals surface area contributed by atoms with Crippen molar-refractivity contribution in [3.63, 3.8) is 0 Å². The summed E-state index contributed by atoms with van der Waals surface area (Å²) in [4.78, 5) is 25.7. The average molecular weight is 423 g/mol. The van der Waals surface area contributed by atoms with Gasteiger partial charge in [-0.25, -0.2) is 9.59 Å². The Morgan fingerprint density at radius 3 is 2.26 bits per heavy atom. The van der Waals surface area contributed by atoms with Crippen LogP contribution in [0.4, 0.5) is 0 Å². The second-order valence-corrected chi connectivity index (χ2v) is 9.04. The summed E-state index contributed by atoms with van der Waals surface area (Å²) in [6.07, 6.45) is 4.59. The molecule has 1 aliphatic carbocycles. The molecule has 0 radical (unpaired) electrons. The van der Waals surface area contributed by atoms with Crippen molar-refractivity contribution >= 4 is 11.9 Å². The van der Waals surface area contributed by atoms with Crippen LogP contribution in [-0.4, -0.2) is 24.6 Å². The molecule has 1 aliphatic rings. The van der Waals surface area contributed by atoms with Crippen LogP contribution < -0.4 is 0 Å². The number of rotatable bonds is 8. The van der Waals surface area contributed by atoms with E-state index in [1.807, 2.05) is 18.2 Å². The molecule has 31 heavy (non-hydrogen) atoms. The highest BCUT2D eigenvalue weighted by molar-refractivity contribution is 6.03. The van der Waals surface area contributed by atoms with E-state index in [0.29, 0.717) is 24.4 Å². The standard InChI is InChI=1S/C27H34O4/c1-19(2)22-16-15-20(3)18-25(22)31-27(29)24-14-8-7-13-23(24)26(28)30-17-9-12-21-10-5-4-6-11-21/h4-8,10-11,13-14,19-20,22,25H,9,12,15-18H2,1-3H3/t20-,22+,25-/m1/s1. The van der Waals surface area contributed by atoms with E-state index in [1.54, 1.807) is 24.3 Å². The molecule has 3 rings (SSSR count). The van der Waals surface area contributed by atoms with Crippen LogP contribution in [0.5, 0.6) is 0 Å². The lowest BCUT2D eigenvalue weighted by Crippen LogP contribution is -2.36. The molecule has 0 unspecified atom stereocenters. The number of aryl methyl sites for hydroxylation is 1. The van der Waals surface area contributed by atoms with Gasteiger partial charge in [-0.15, -0.1) is 0 Å². The molecule has 0 saturated heterocycles. The molecule has 0 amide bonds. The van der Waals surface area contributed by atoms with E-state index in [-0.39, 0.29) is 17.2 Å². The normalized spacial score (nSPS) is 21.0. The van der Waals surface area contributed by atoms with Gasteiger partial charge < -0.3 is 9.47 Å². The molecule has 4 nitrogen and oxygen atoms in total. The van der Waals surface area contributed by atoms with Gasteiger partial charge in [0, 0.05) is 0 Å². The van der Waals surface area contributed by atoms with Crippen molar-refractivity contribution in [2.24, 2.45) is 17.8 Å². The van der Waals surface area contributed by atoms with Crippen molar-refractivity contribution in [1.82, 2.24) is 0 Å². The number of benzene rings is 2. The first-order chi connectivity index (χ1) is 15.0. The molecule has 2 aromatic rings. The molecule has 0 aliphatic heterocycles. The fraction of sp³-hybridized carbons (Fsp3) is 0.481. The first-order valence-electron chi connectivity index (χ1n) is 11.5. The summed E-state index contributed by atoms with van der Waals surface area (Å²) in [6.45, 7) is 6.88. The average Bonchev–Trinajstić information content (AvgIpc) is 2.77. The van der Waals surface area contributed by atoms with Crippen LogP contribution in [0.25, 0.3) is 0 Å². The van der Waals surface area contributed by atoms with Gasteiger partial charge in [-0.2, -0.15) is 0 Å². The molecule has 1 fully saturated rings. The molecule has 0 spiro atoms. The van der Waals surface area contributed by atoms with E-state index < -0.39 is 11.9 Å². The maximum Gasteiger partial charge on any atom is 0.339 e. The minimum absolute atomic E-state index is 0.105. The zero-order valence-electron chi connectivity index (χ0n) is 18.9. The SMILES string of the molecule is CC(C)[C@@H]1CC[C@@H](C)C[C@H]1OC(=O)c1ccccc1C(=O)OCCCc1ccccc1. The Labute approximate surface area is 186 Å². The number of hydrogen-bond donors (Lipinski definition) is 0. The topological polar surface area (TPSA) is 52.6 Å². The van der Waals surface area contributed by atoms with Gasteiger partial charge in [0.2, 0.25) is 0 Å². The van der Waals surface area contributed by atoms with Crippen LogP contribution in [-0.2, 0) is 15.9 Å². The molecule has 0 bridgehead atoms. The smallest absolute Gasteiger partial charge is 0.339 e. The van der Waals surface area contributed by atoms with Crippen molar-refractivity contribution in [2.45, 2.75) is 59.0 Å². The van der Waals surface area contributed by atoms with Gasteiger partial charge in [-0.05, 0) is 61.1 Å². The van der Waals surface area contributed by atoms with Crippen molar-refractivity contribution < 1.29 is 19.1 Å². The van der Waals surface area contributed by atoms with Gasteiger partial charge in [0.05, 0.1) is 17.7 Å². The lowest BCUT2D eigenvalue weighted by atomic mass is 9.75. The van der Waals surface area contributed by atoms with Crippen molar-refractivity contribution in [3.05, 3.63) is 71.3 Å². The van der Waals surface area contributed by atoms with E-state index in [9.17, 15) is 9.59 Å². The Morgan fingerprint density at radius 1 is 0.935 bits per heavy atom. The minimum Gasteiger partial charge on any atom is -0.462 e.